The number of fused-ring (bicyclic) bond motifs is 3. The van der Waals surface area contributed by atoms with E-state index in [1.54, 1.807) is 0 Å². The van der Waals surface area contributed by atoms with E-state index in [4.69, 9.17) is 23.2 Å². The molecule has 0 bridgehead atoms. The van der Waals surface area contributed by atoms with Crippen LogP contribution in [0.3, 0.4) is 0 Å². The maximum atomic E-state index is 10.9. The fraction of sp³-hybridized carbons (Fsp3) is 0.478. The lowest BCUT2D eigenvalue weighted by Crippen LogP contribution is -2.36. The third kappa shape index (κ3) is 5.01. The van der Waals surface area contributed by atoms with Crippen LogP contribution in [0.5, 0.6) is 0 Å². The molecule has 0 amide bonds. The van der Waals surface area contributed by atoms with Crippen molar-refractivity contribution < 1.29 is 5.11 Å². The van der Waals surface area contributed by atoms with Gasteiger partial charge in [0.15, 0.2) is 0 Å². The number of hydrogen-bond acceptors (Lipinski definition) is 2. The first-order chi connectivity index (χ1) is 13.5. The molecule has 0 aliphatic rings. The minimum Gasteiger partial charge on any atom is -0.390 e. The summed E-state index contributed by atoms with van der Waals surface area (Å²) in [5.41, 5.74) is 2.16. The van der Waals surface area contributed by atoms with Crippen LogP contribution in [0, 0.1) is 0 Å². The van der Waals surface area contributed by atoms with E-state index >= 15 is 0 Å². The lowest BCUT2D eigenvalue weighted by molar-refractivity contribution is 0.0982. The van der Waals surface area contributed by atoms with Crippen molar-refractivity contribution in [2.45, 2.75) is 52.2 Å². The highest BCUT2D eigenvalue weighted by molar-refractivity contribution is 6.33. The fourth-order valence-electron chi connectivity index (χ4n) is 3.87. The summed E-state index contributed by atoms with van der Waals surface area (Å²) < 4.78 is 2.19. The van der Waals surface area contributed by atoms with Crippen molar-refractivity contribution >= 4 is 45.0 Å². The normalized spacial score (nSPS) is 13.1. The zero-order chi connectivity index (χ0) is 20.1. The van der Waals surface area contributed by atoms with Crippen LogP contribution in [0.1, 0.15) is 39.5 Å². The second-order valence-electron chi connectivity index (χ2n) is 7.60. The maximum absolute atomic E-state index is 10.9. The van der Waals surface area contributed by atoms with Crippen molar-refractivity contribution in [2.24, 2.45) is 0 Å². The fourth-order valence-corrected chi connectivity index (χ4v) is 4.21. The molecule has 28 heavy (non-hydrogen) atoms. The smallest absolute Gasteiger partial charge is 0.0845 e. The van der Waals surface area contributed by atoms with E-state index < -0.39 is 6.10 Å². The Bertz CT molecular complexity index is 854. The van der Waals surface area contributed by atoms with Crippen LogP contribution in [-0.2, 0) is 6.54 Å². The molecule has 1 aromatic heterocycles. The van der Waals surface area contributed by atoms with Gasteiger partial charge >= 0.3 is 0 Å². The molecule has 2 aromatic carbocycles. The Morgan fingerprint density at radius 3 is 1.86 bits per heavy atom. The van der Waals surface area contributed by atoms with Crippen LogP contribution < -0.4 is 0 Å². The molecule has 3 rings (SSSR count). The molecule has 1 heterocycles. The largest absolute Gasteiger partial charge is 0.390 e. The molecule has 3 nitrogen and oxygen atoms in total. The Morgan fingerprint density at radius 1 is 0.893 bits per heavy atom. The lowest BCUT2D eigenvalue weighted by atomic mass is 10.1. The Labute approximate surface area is 177 Å². The van der Waals surface area contributed by atoms with Crippen LogP contribution in [0.25, 0.3) is 21.8 Å². The molecule has 0 fully saturated rings. The van der Waals surface area contributed by atoms with E-state index in [0.717, 1.165) is 34.9 Å². The molecular weight excluding hydrogens is 391 g/mol. The summed E-state index contributed by atoms with van der Waals surface area (Å²) in [6.07, 6.45) is 4.25. The topological polar surface area (TPSA) is 28.4 Å². The number of nitrogens with zero attached hydrogens (tertiary/aromatic N) is 2. The highest BCUT2D eigenvalue weighted by Gasteiger charge is 2.17. The van der Waals surface area contributed by atoms with Crippen LogP contribution in [0.15, 0.2) is 36.4 Å². The summed E-state index contributed by atoms with van der Waals surface area (Å²) in [7, 11) is 0. The minimum absolute atomic E-state index is 0.432. The van der Waals surface area contributed by atoms with Crippen molar-refractivity contribution in [2.75, 3.05) is 19.6 Å². The summed E-state index contributed by atoms with van der Waals surface area (Å²) in [6, 6.07) is 11.8. The highest BCUT2D eigenvalue weighted by Crippen LogP contribution is 2.33. The molecule has 0 aliphatic carbocycles. The Morgan fingerprint density at radius 2 is 1.39 bits per heavy atom. The van der Waals surface area contributed by atoms with Gasteiger partial charge in [0.05, 0.1) is 12.6 Å². The Hall–Kier alpha value is -1.26. The molecule has 0 radical (unpaired) electrons. The van der Waals surface area contributed by atoms with Gasteiger partial charge in [0.2, 0.25) is 0 Å². The highest BCUT2D eigenvalue weighted by atomic mass is 35.5. The average molecular weight is 421 g/mol. The van der Waals surface area contributed by atoms with Gasteiger partial charge < -0.3 is 14.6 Å². The third-order valence-electron chi connectivity index (χ3n) is 5.31. The van der Waals surface area contributed by atoms with Gasteiger partial charge in [-0.3, -0.25) is 0 Å². The molecule has 152 valence electrons. The van der Waals surface area contributed by atoms with Crippen molar-refractivity contribution in [1.29, 1.82) is 0 Å². The van der Waals surface area contributed by atoms with Crippen molar-refractivity contribution in [1.82, 2.24) is 9.47 Å². The zero-order valence-electron chi connectivity index (χ0n) is 16.8. The van der Waals surface area contributed by atoms with Gasteiger partial charge in [-0.2, -0.15) is 0 Å². The standard InChI is InChI=1S/C23H30Cl2N2O/c1-3-5-11-26(12-6-4-2)15-19(28)16-27-22-9-7-17(24)13-20(22)21-14-18(25)8-10-23(21)27/h7-10,13-14,19,28H,3-6,11-12,15-16H2,1-2H3. The first-order valence-corrected chi connectivity index (χ1v) is 11.1. The number of unbranched alkanes of at least 4 members (excludes halogenated alkanes) is 2. The molecular formula is C23H30Cl2N2O. The van der Waals surface area contributed by atoms with Crippen molar-refractivity contribution in [3.63, 3.8) is 0 Å². The second-order valence-corrected chi connectivity index (χ2v) is 8.47. The maximum Gasteiger partial charge on any atom is 0.0845 e. The van der Waals surface area contributed by atoms with Gasteiger partial charge in [0.1, 0.15) is 0 Å². The predicted molar refractivity (Wildman–Crippen MR) is 122 cm³/mol. The Balaban J connectivity index is 1.87. The van der Waals surface area contributed by atoms with Gasteiger partial charge in [-0.25, -0.2) is 0 Å². The minimum atomic E-state index is -0.432. The molecule has 1 atom stereocenters. The van der Waals surface area contributed by atoms with Crippen LogP contribution in [0.4, 0.5) is 0 Å². The van der Waals surface area contributed by atoms with E-state index in [1.165, 1.54) is 25.7 Å². The predicted octanol–water partition coefficient (Wildman–Crippen LogP) is 6.36. The van der Waals surface area contributed by atoms with E-state index in [0.29, 0.717) is 23.1 Å². The average Bonchev–Trinajstić information content (AvgIpc) is 2.96. The van der Waals surface area contributed by atoms with Crippen LogP contribution in [-0.4, -0.2) is 40.3 Å². The SMILES string of the molecule is CCCCN(CCCC)CC(O)Cn1c2ccc(Cl)cc2c2cc(Cl)ccc21. The lowest BCUT2D eigenvalue weighted by Gasteiger charge is -2.25. The Kier molecular flexibility index (Phi) is 7.64. The number of aliphatic hydroxyl groups excluding tert-OH is 1. The molecule has 3 aromatic rings. The molecule has 0 spiro atoms. The number of rotatable bonds is 10. The summed E-state index contributed by atoms with van der Waals surface area (Å²) in [6.45, 7) is 7.77. The monoisotopic (exact) mass is 420 g/mol. The molecule has 0 saturated heterocycles. The first-order valence-electron chi connectivity index (χ1n) is 10.3. The second kappa shape index (κ2) is 9.98. The number of aromatic nitrogens is 1. The van der Waals surface area contributed by atoms with E-state index in [9.17, 15) is 5.11 Å². The molecule has 1 N–H and O–H groups in total. The number of hydrogen-bond donors (Lipinski definition) is 1. The van der Waals surface area contributed by atoms with E-state index in [2.05, 4.69) is 23.3 Å². The molecule has 1 unspecified atom stereocenters. The van der Waals surface area contributed by atoms with E-state index in [1.807, 2.05) is 36.4 Å². The van der Waals surface area contributed by atoms with Crippen LogP contribution in [0.2, 0.25) is 10.0 Å². The van der Waals surface area contributed by atoms with Crippen LogP contribution >= 0.6 is 23.2 Å². The van der Waals surface area contributed by atoms with Gasteiger partial charge in [-0.15, -0.1) is 0 Å². The number of aliphatic hydroxyl groups is 1. The van der Waals surface area contributed by atoms with Gasteiger partial charge in [-0.1, -0.05) is 49.9 Å². The summed E-state index contributed by atoms with van der Waals surface area (Å²) in [5, 5.41) is 14.5. The van der Waals surface area contributed by atoms with Crippen molar-refractivity contribution in [3.8, 4) is 0 Å². The summed E-state index contributed by atoms with van der Waals surface area (Å²) in [5.74, 6) is 0. The molecule has 5 heteroatoms. The van der Waals surface area contributed by atoms with Gasteiger partial charge in [0, 0.05) is 38.4 Å². The number of benzene rings is 2. The quantitative estimate of drug-likeness (QED) is 0.412. The zero-order valence-corrected chi connectivity index (χ0v) is 18.3. The molecule has 0 saturated carbocycles. The third-order valence-corrected chi connectivity index (χ3v) is 5.78. The van der Waals surface area contributed by atoms with E-state index in [-0.39, 0.29) is 0 Å². The molecule has 0 aliphatic heterocycles. The van der Waals surface area contributed by atoms with Crippen molar-refractivity contribution in [3.05, 3.63) is 46.4 Å². The summed E-state index contributed by atoms with van der Waals surface area (Å²) in [4.78, 5) is 2.40. The van der Waals surface area contributed by atoms with Gasteiger partial charge in [0.25, 0.3) is 0 Å². The summed E-state index contributed by atoms with van der Waals surface area (Å²) >= 11 is 12.5. The van der Waals surface area contributed by atoms with Gasteiger partial charge in [-0.05, 0) is 62.3 Å². The first kappa shape index (κ1) is 21.4. The number of halogens is 2.